The number of carboxylic acid groups (broad SMARTS) is 1. The summed E-state index contributed by atoms with van der Waals surface area (Å²) in [6, 6.07) is 1.19. The summed E-state index contributed by atoms with van der Waals surface area (Å²) < 4.78 is 4.87. The van der Waals surface area contributed by atoms with Crippen molar-refractivity contribution in [1.82, 2.24) is 10.3 Å². The van der Waals surface area contributed by atoms with Gasteiger partial charge < -0.3 is 14.8 Å². The van der Waals surface area contributed by atoms with Crippen molar-refractivity contribution in [3.05, 3.63) is 39.7 Å². The molecule has 0 saturated carbocycles. The summed E-state index contributed by atoms with van der Waals surface area (Å²) in [7, 11) is 0. The lowest BCUT2D eigenvalue weighted by atomic mass is 10.3. The number of carbonyl (C=O) groups is 2. The van der Waals surface area contributed by atoms with Crippen molar-refractivity contribution in [2.24, 2.45) is 0 Å². The highest BCUT2D eigenvalue weighted by molar-refractivity contribution is 7.09. The minimum absolute atomic E-state index is 0.0271. The summed E-state index contributed by atoms with van der Waals surface area (Å²) >= 11 is 1.45. The van der Waals surface area contributed by atoms with E-state index in [1.807, 2.05) is 12.3 Å². The number of carbonyl (C=O) groups excluding carboxylic acids is 1. The quantitative estimate of drug-likeness (QED) is 0.878. The molecule has 0 saturated heterocycles. The maximum absolute atomic E-state index is 11.6. The van der Waals surface area contributed by atoms with Crippen LogP contribution in [0.1, 0.15) is 31.6 Å². The lowest BCUT2D eigenvalue weighted by Gasteiger charge is -1.99. The van der Waals surface area contributed by atoms with E-state index in [4.69, 9.17) is 9.52 Å². The summed E-state index contributed by atoms with van der Waals surface area (Å²) in [5.74, 6) is -1.62. The van der Waals surface area contributed by atoms with E-state index in [9.17, 15) is 9.59 Å². The Morgan fingerprint density at radius 3 is 2.89 bits per heavy atom. The number of hydrogen-bond donors (Lipinski definition) is 2. The largest absolute Gasteiger partial charge is 0.478 e. The monoisotopic (exact) mass is 266 g/mol. The predicted octanol–water partition coefficient (Wildman–Crippen LogP) is 1.67. The van der Waals surface area contributed by atoms with Crippen molar-refractivity contribution in [3.8, 4) is 0 Å². The minimum Gasteiger partial charge on any atom is -0.478 e. The van der Waals surface area contributed by atoms with Gasteiger partial charge in [0, 0.05) is 17.1 Å². The van der Waals surface area contributed by atoms with Crippen LogP contribution in [-0.4, -0.2) is 22.0 Å². The van der Waals surface area contributed by atoms with E-state index < -0.39 is 11.9 Å². The van der Waals surface area contributed by atoms with E-state index in [0.717, 1.165) is 17.0 Å². The van der Waals surface area contributed by atoms with E-state index >= 15 is 0 Å². The molecular weight excluding hydrogens is 256 g/mol. The molecule has 2 aromatic rings. The number of amides is 1. The van der Waals surface area contributed by atoms with Crippen LogP contribution in [0, 0.1) is 6.92 Å². The summed E-state index contributed by atoms with van der Waals surface area (Å²) in [6.07, 6.45) is 1.03. The van der Waals surface area contributed by atoms with Gasteiger partial charge in [0.25, 0.3) is 5.91 Å². The van der Waals surface area contributed by atoms with Gasteiger partial charge in [-0.1, -0.05) is 0 Å². The molecule has 0 unspecified atom stereocenters. The molecule has 0 radical (unpaired) electrons. The number of carboxylic acids is 1. The zero-order chi connectivity index (χ0) is 13.1. The molecule has 18 heavy (non-hydrogen) atoms. The maximum Gasteiger partial charge on any atom is 0.338 e. The van der Waals surface area contributed by atoms with Crippen LogP contribution in [0.4, 0.5) is 0 Å². The molecule has 2 N–H and O–H groups in total. The van der Waals surface area contributed by atoms with Crippen LogP contribution in [0.25, 0.3) is 0 Å². The smallest absolute Gasteiger partial charge is 0.338 e. The molecule has 6 nitrogen and oxygen atoms in total. The highest BCUT2D eigenvalue weighted by Crippen LogP contribution is 2.10. The molecule has 0 atom stereocenters. The maximum atomic E-state index is 11.6. The fourth-order valence-corrected chi connectivity index (χ4v) is 2.01. The number of nitrogens with zero attached hydrogens (tertiary/aromatic N) is 1. The molecule has 1 amide bonds. The van der Waals surface area contributed by atoms with Gasteiger partial charge >= 0.3 is 5.97 Å². The first-order valence-corrected chi connectivity index (χ1v) is 5.95. The zero-order valence-corrected chi connectivity index (χ0v) is 10.3. The van der Waals surface area contributed by atoms with Crippen molar-refractivity contribution in [2.45, 2.75) is 13.5 Å². The third kappa shape index (κ3) is 2.75. The highest BCUT2D eigenvalue weighted by atomic mass is 32.1. The highest BCUT2D eigenvalue weighted by Gasteiger charge is 2.14. The lowest BCUT2D eigenvalue weighted by molar-refractivity contribution is 0.0696. The number of hydrogen-bond acceptors (Lipinski definition) is 5. The van der Waals surface area contributed by atoms with Crippen LogP contribution in [0.15, 0.2) is 22.1 Å². The van der Waals surface area contributed by atoms with Crippen LogP contribution >= 0.6 is 11.3 Å². The number of aromatic carboxylic acids is 1. The van der Waals surface area contributed by atoms with Crippen molar-refractivity contribution in [3.63, 3.8) is 0 Å². The summed E-state index contributed by atoms with van der Waals surface area (Å²) in [4.78, 5) is 26.4. The molecule has 7 heteroatoms. The molecule has 2 aromatic heterocycles. The van der Waals surface area contributed by atoms with Gasteiger partial charge in [0.05, 0.1) is 12.1 Å². The van der Waals surface area contributed by atoms with E-state index in [0.29, 0.717) is 6.54 Å². The summed E-state index contributed by atoms with van der Waals surface area (Å²) in [5.41, 5.74) is 0.848. The van der Waals surface area contributed by atoms with E-state index in [1.165, 1.54) is 17.4 Å². The normalized spacial score (nSPS) is 10.3. The number of furan rings is 1. The van der Waals surface area contributed by atoms with Gasteiger partial charge in [0.15, 0.2) is 5.76 Å². The zero-order valence-electron chi connectivity index (χ0n) is 9.47. The van der Waals surface area contributed by atoms with E-state index in [1.54, 1.807) is 0 Å². The second-order valence-electron chi connectivity index (χ2n) is 3.57. The van der Waals surface area contributed by atoms with Gasteiger partial charge in [-0.15, -0.1) is 11.3 Å². The Balaban J connectivity index is 1.97. The Morgan fingerprint density at radius 1 is 1.56 bits per heavy atom. The first kappa shape index (κ1) is 12.3. The number of aromatic nitrogens is 1. The van der Waals surface area contributed by atoms with Gasteiger partial charge in [-0.05, 0) is 6.92 Å². The standard InChI is InChI=1S/C11H10N2O4S/c1-6-5-18-9(13-6)3-12-10(14)8-2-7(4-17-8)11(15)16/h2,4-5H,3H2,1H3,(H,12,14)(H,15,16). The Kier molecular flexibility index (Phi) is 3.42. The van der Waals surface area contributed by atoms with Gasteiger partial charge in [-0.25, -0.2) is 9.78 Å². The molecule has 0 bridgehead atoms. The van der Waals surface area contributed by atoms with Gasteiger partial charge in [0.1, 0.15) is 11.3 Å². The molecular formula is C11H10N2O4S. The number of thiazole rings is 1. The topological polar surface area (TPSA) is 92.4 Å². The molecule has 0 aromatic carbocycles. The second kappa shape index (κ2) is 5.01. The third-order valence-electron chi connectivity index (χ3n) is 2.14. The van der Waals surface area contributed by atoms with Crippen LogP contribution in [0.5, 0.6) is 0 Å². The summed E-state index contributed by atoms with van der Waals surface area (Å²) in [5, 5.41) is 14.0. The number of aryl methyl sites for hydroxylation is 1. The average molecular weight is 266 g/mol. The Bertz CT molecular complexity index is 587. The Labute approximate surface area is 106 Å². The number of rotatable bonds is 4. The van der Waals surface area contributed by atoms with Crippen LogP contribution in [-0.2, 0) is 6.54 Å². The van der Waals surface area contributed by atoms with Crippen molar-refractivity contribution in [2.75, 3.05) is 0 Å². The van der Waals surface area contributed by atoms with Crippen molar-refractivity contribution in [1.29, 1.82) is 0 Å². The SMILES string of the molecule is Cc1csc(CNC(=O)c2cc(C(=O)O)co2)n1. The fourth-order valence-electron chi connectivity index (χ4n) is 1.29. The molecule has 0 aliphatic carbocycles. The third-order valence-corrected chi connectivity index (χ3v) is 3.10. The molecule has 0 aliphatic heterocycles. The predicted molar refractivity (Wildman–Crippen MR) is 63.7 cm³/mol. The first-order valence-electron chi connectivity index (χ1n) is 5.07. The molecule has 0 aliphatic rings. The average Bonchev–Trinajstić information content (AvgIpc) is 2.94. The molecule has 2 heterocycles. The first-order chi connectivity index (χ1) is 8.56. The van der Waals surface area contributed by atoms with Gasteiger partial charge in [-0.2, -0.15) is 0 Å². The van der Waals surface area contributed by atoms with Crippen molar-refractivity contribution >= 4 is 23.2 Å². The van der Waals surface area contributed by atoms with E-state index in [2.05, 4.69) is 10.3 Å². The van der Waals surface area contributed by atoms with Gasteiger partial charge in [0.2, 0.25) is 0 Å². The Morgan fingerprint density at radius 2 is 2.33 bits per heavy atom. The van der Waals surface area contributed by atoms with Crippen molar-refractivity contribution < 1.29 is 19.1 Å². The molecule has 2 rings (SSSR count). The second-order valence-corrected chi connectivity index (χ2v) is 4.51. The van der Waals surface area contributed by atoms with Gasteiger partial charge in [-0.3, -0.25) is 4.79 Å². The van der Waals surface area contributed by atoms with Crippen LogP contribution in [0.2, 0.25) is 0 Å². The summed E-state index contributed by atoms with van der Waals surface area (Å²) in [6.45, 7) is 2.16. The molecule has 0 spiro atoms. The fraction of sp³-hybridized carbons (Fsp3) is 0.182. The van der Waals surface area contributed by atoms with Crippen LogP contribution < -0.4 is 5.32 Å². The molecule has 94 valence electrons. The lowest BCUT2D eigenvalue weighted by Crippen LogP contribution is -2.22. The van der Waals surface area contributed by atoms with E-state index in [-0.39, 0.29) is 11.3 Å². The van der Waals surface area contributed by atoms with Crippen LogP contribution in [0.3, 0.4) is 0 Å². The Hall–Kier alpha value is -2.15. The molecule has 0 fully saturated rings. The number of nitrogens with one attached hydrogen (secondary N) is 1. The minimum atomic E-state index is -1.13.